The molecule has 0 radical (unpaired) electrons. The highest BCUT2D eigenvalue weighted by Crippen LogP contribution is 2.23. The van der Waals surface area contributed by atoms with Gasteiger partial charge in [-0.2, -0.15) is 0 Å². The van der Waals surface area contributed by atoms with Gasteiger partial charge in [-0.05, 0) is 18.2 Å². The van der Waals surface area contributed by atoms with Crippen molar-refractivity contribution in [2.75, 3.05) is 18.5 Å². The van der Waals surface area contributed by atoms with E-state index in [1.807, 2.05) is 0 Å². The van der Waals surface area contributed by atoms with E-state index in [1.54, 1.807) is 24.3 Å². The maximum Gasteiger partial charge on any atom is 0.344 e. The van der Waals surface area contributed by atoms with Gasteiger partial charge in [-0.15, -0.1) is 0 Å². The predicted molar refractivity (Wildman–Crippen MR) is 89.6 cm³/mol. The highest BCUT2D eigenvalue weighted by atomic mass is 35.5. The zero-order valence-electron chi connectivity index (χ0n) is 12.8. The summed E-state index contributed by atoms with van der Waals surface area (Å²) >= 11 is 5.87. The van der Waals surface area contributed by atoms with Crippen LogP contribution >= 0.6 is 11.6 Å². The molecule has 0 saturated carbocycles. The van der Waals surface area contributed by atoms with Gasteiger partial charge in [-0.1, -0.05) is 35.9 Å². The van der Waals surface area contributed by atoms with Crippen molar-refractivity contribution in [3.8, 4) is 5.75 Å². The number of ether oxygens (including phenoxy) is 2. The van der Waals surface area contributed by atoms with Crippen LogP contribution in [0.4, 0.5) is 11.4 Å². The summed E-state index contributed by atoms with van der Waals surface area (Å²) in [5.41, 5.74) is -0.245. The quantitative estimate of drug-likeness (QED) is 0.460. The molecule has 8 nitrogen and oxygen atoms in total. The summed E-state index contributed by atoms with van der Waals surface area (Å²) in [6.45, 7) is -1.03. The van der Waals surface area contributed by atoms with Crippen LogP contribution in [0.5, 0.6) is 5.75 Å². The average Bonchev–Trinajstić information content (AvgIpc) is 2.59. The first kappa shape index (κ1) is 18.2. The van der Waals surface area contributed by atoms with Crippen molar-refractivity contribution >= 4 is 34.9 Å². The summed E-state index contributed by atoms with van der Waals surface area (Å²) in [5.74, 6) is -1.18. The van der Waals surface area contributed by atoms with Gasteiger partial charge in [0.05, 0.1) is 9.95 Å². The number of rotatable bonds is 7. The molecule has 2 aromatic rings. The maximum absolute atomic E-state index is 11.7. The van der Waals surface area contributed by atoms with E-state index in [-0.39, 0.29) is 11.4 Å². The van der Waals surface area contributed by atoms with E-state index >= 15 is 0 Å². The van der Waals surface area contributed by atoms with E-state index in [9.17, 15) is 19.7 Å². The lowest BCUT2D eigenvalue weighted by atomic mass is 10.2. The minimum absolute atomic E-state index is 0.0147. The molecule has 9 heteroatoms. The number of anilines is 1. The third-order valence-corrected chi connectivity index (χ3v) is 3.23. The smallest absolute Gasteiger partial charge is 0.344 e. The van der Waals surface area contributed by atoms with E-state index in [0.717, 1.165) is 0 Å². The Hall–Kier alpha value is -3.13. The molecule has 130 valence electrons. The summed E-state index contributed by atoms with van der Waals surface area (Å²) in [4.78, 5) is 33.6. The van der Waals surface area contributed by atoms with Crippen LogP contribution in [-0.2, 0) is 14.3 Å². The summed E-state index contributed by atoms with van der Waals surface area (Å²) in [7, 11) is 0. The van der Waals surface area contributed by atoms with Gasteiger partial charge in [0.1, 0.15) is 11.4 Å². The fourth-order valence-electron chi connectivity index (χ4n) is 1.81. The van der Waals surface area contributed by atoms with Crippen LogP contribution in [0.25, 0.3) is 0 Å². The third-order valence-electron chi connectivity index (χ3n) is 2.92. The molecule has 0 aliphatic carbocycles. The number of amides is 1. The molecule has 0 aromatic heterocycles. The van der Waals surface area contributed by atoms with Crippen molar-refractivity contribution in [1.29, 1.82) is 0 Å². The number of benzene rings is 2. The topological polar surface area (TPSA) is 108 Å². The summed E-state index contributed by atoms with van der Waals surface area (Å²) in [5, 5.41) is 13.5. The van der Waals surface area contributed by atoms with E-state index < -0.39 is 30.0 Å². The minimum Gasteiger partial charge on any atom is -0.480 e. The largest absolute Gasteiger partial charge is 0.480 e. The summed E-state index contributed by atoms with van der Waals surface area (Å²) < 4.78 is 9.92. The molecule has 0 bridgehead atoms. The number of nitrogens with one attached hydrogen (secondary N) is 1. The van der Waals surface area contributed by atoms with Crippen molar-refractivity contribution in [1.82, 2.24) is 0 Å². The van der Waals surface area contributed by atoms with Crippen molar-refractivity contribution in [2.45, 2.75) is 0 Å². The number of nitro groups is 1. The number of esters is 1. The Balaban J connectivity index is 1.81. The zero-order chi connectivity index (χ0) is 18.2. The fourth-order valence-corrected chi connectivity index (χ4v) is 2.00. The summed E-state index contributed by atoms with van der Waals surface area (Å²) in [6, 6.07) is 12.2. The normalized spacial score (nSPS) is 9.96. The standard InChI is InChI=1S/C16H13ClN2O6/c17-11-5-1-4-8-14(11)24-10-16(21)25-9-15(20)18-12-6-2-3-7-13(12)19(22)23/h1-8H,9-10H2,(H,18,20). The maximum atomic E-state index is 11.7. The van der Waals surface area contributed by atoms with Gasteiger partial charge in [-0.25, -0.2) is 4.79 Å². The van der Waals surface area contributed by atoms with Gasteiger partial charge in [0.2, 0.25) is 0 Å². The number of halogens is 1. The molecule has 0 saturated heterocycles. The highest BCUT2D eigenvalue weighted by molar-refractivity contribution is 6.32. The van der Waals surface area contributed by atoms with Gasteiger partial charge in [-0.3, -0.25) is 14.9 Å². The van der Waals surface area contributed by atoms with Crippen LogP contribution in [-0.4, -0.2) is 30.0 Å². The molecule has 0 atom stereocenters. The average molecular weight is 365 g/mol. The number of hydrogen-bond donors (Lipinski definition) is 1. The molecule has 25 heavy (non-hydrogen) atoms. The van der Waals surface area contributed by atoms with Crippen LogP contribution in [0, 0.1) is 10.1 Å². The lowest BCUT2D eigenvalue weighted by molar-refractivity contribution is -0.383. The predicted octanol–water partition coefficient (Wildman–Crippen LogP) is 2.81. The fraction of sp³-hybridized carbons (Fsp3) is 0.125. The van der Waals surface area contributed by atoms with Crippen molar-refractivity contribution in [3.05, 3.63) is 63.7 Å². The van der Waals surface area contributed by atoms with Gasteiger partial charge in [0.25, 0.3) is 11.6 Å². The Kier molecular flexibility index (Phi) is 6.30. The van der Waals surface area contributed by atoms with Crippen LogP contribution in [0.3, 0.4) is 0 Å². The molecule has 0 spiro atoms. The molecule has 1 amide bonds. The number of carbonyl (C=O) groups is 2. The van der Waals surface area contributed by atoms with E-state index in [4.69, 9.17) is 21.1 Å². The second kappa shape index (κ2) is 8.65. The van der Waals surface area contributed by atoms with E-state index in [1.165, 1.54) is 24.3 Å². The first-order valence-electron chi connectivity index (χ1n) is 7.03. The highest BCUT2D eigenvalue weighted by Gasteiger charge is 2.16. The number of nitro benzene ring substituents is 1. The van der Waals surface area contributed by atoms with Crippen LogP contribution in [0.2, 0.25) is 5.02 Å². The van der Waals surface area contributed by atoms with Crippen LogP contribution in [0.15, 0.2) is 48.5 Å². The number of para-hydroxylation sites is 3. The second-order valence-electron chi connectivity index (χ2n) is 4.70. The Morgan fingerprint density at radius 2 is 1.76 bits per heavy atom. The minimum atomic E-state index is -0.780. The van der Waals surface area contributed by atoms with Gasteiger partial charge < -0.3 is 14.8 Å². The molecule has 0 heterocycles. The Labute approximate surface area is 147 Å². The number of hydrogen-bond acceptors (Lipinski definition) is 6. The Morgan fingerprint density at radius 1 is 1.08 bits per heavy atom. The van der Waals surface area contributed by atoms with Gasteiger partial charge in [0, 0.05) is 6.07 Å². The lowest BCUT2D eigenvalue weighted by Crippen LogP contribution is -2.24. The Bertz CT molecular complexity index is 796. The number of carbonyl (C=O) groups excluding carboxylic acids is 2. The molecule has 2 aromatic carbocycles. The SMILES string of the molecule is O=C(COC(=O)COc1ccccc1Cl)Nc1ccccc1[N+](=O)[O-]. The van der Waals surface area contributed by atoms with Crippen molar-refractivity contribution in [3.63, 3.8) is 0 Å². The van der Waals surface area contributed by atoms with Crippen LogP contribution in [0.1, 0.15) is 0 Å². The molecule has 0 fully saturated rings. The van der Waals surface area contributed by atoms with Crippen molar-refractivity contribution in [2.24, 2.45) is 0 Å². The van der Waals surface area contributed by atoms with Crippen LogP contribution < -0.4 is 10.1 Å². The van der Waals surface area contributed by atoms with Gasteiger partial charge in [0.15, 0.2) is 13.2 Å². The van der Waals surface area contributed by atoms with Crippen molar-refractivity contribution < 1.29 is 24.0 Å². The lowest BCUT2D eigenvalue weighted by Gasteiger charge is -2.09. The molecule has 0 aliphatic heterocycles. The van der Waals surface area contributed by atoms with Gasteiger partial charge >= 0.3 is 5.97 Å². The number of nitrogens with zero attached hydrogens (tertiary/aromatic N) is 1. The second-order valence-corrected chi connectivity index (χ2v) is 5.11. The first-order chi connectivity index (χ1) is 12.0. The molecule has 2 rings (SSSR count). The third kappa shape index (κ3) is 5.47. The monoisotopic (exact) mass is 364 g/mol. The molecule has 0 aliphatic rings. The molecule has 0 unspecified atom stereocenters. The molecule has 1 N–H and O–H groups in total. The zero-order valence-corrected chi connectivity index (χ0v) is 13.6. The molecular weight excluding hydrogens is 352 g/mol. The summed E-state index contributed by atoms with van der Waals surface area (Å²) in [6.07, 6.45) is 0. The first-order valence-corrected chi connectivity index (χ1v) is 7.41. The molecular formula is C16H13ClN2O6. The van der Waals surface area contributed by atoms with E-state index in [0.29, 0.717) is 10.8 Å². The van der Waals surface area contributed by atoms with E-state index in [2.05, 4.69) is 5.32 Å². The Morgan fingerprint density at radius 3 is 2.48 bits per heavy atom.